The zero-order valence-electron chi connectivity index (χ0n) is 8.71. The molecule has 15 heavy (non-hydrogen) atoms. The van der Waals surface area contributed by atoms with Crippen molar-refractivity contribution in [2.75, 3.05) is 6.61 Å². The molecule has 0 aromatic heterocycles. The summed E-state index contributed by atoms with van der Waals surface area (Å²) in [5.74, 6) is 1.08. The number of aromatic hydroxyl groups is 1. The maximum Gasteiger partial charge on any atom is 0.125 e. The molecule has 1 aromatic carbocycles. The Kier molecular flexibility index (Phi) is 1.61. The van der Waals surface area contributed by atoms with Crippen molar-refractivity contribution in [1.29, 1.82) is 0 Å². The molecule has 3 rings (SSSR count). The van der Waals surface area contributed by atoms with Gasteiger partial charge in [0.2, 0.25) is 0 Å². The number of benzene rings is 1. The van der Waals surface area contributed by atoms with Crippen molar-refractivity contribution < 1.29 is 14.9 Å². The van der Waals surface area contributed by atoms with Crippen molar-refractivity contribution in [2.24, 2.45) is 0 Å². The van der Waals surface area contributed by atoms with Crippen molar-refractivity contribution in [1.82, 2.24) is 0 Å². The second-order valence-corrected chi connectivity index (χ2v) is 4.52. The van der Waals surface area contributed by atoms with E-state index < -0.39 is 5.60 Å². The quantitative estimate of drug-likeness (QED) is 0.734. The average molecular weight is 206 g/mol. The molecule has 0 unspecified atom stereocenters. The zero-order valence-corrected chi connectivity index (χ0v) is 8.71. The molecule has 2 aliphatic rings. The number of ether oxygens (including phenoxy) is 1. The van der Waals surface area contributed by atoms with Gasteiger partial charge < -0.3 is 14.9 Å². The summed E-state index contributed by atoms with van der Waals surface area (Å²) in [5, 5.41) is 20.2. The molecule has 0 spiro atoms. The predicted molar refractivity (Wildman–Crippen MR) is 55.2 cm³/mol. The minimum absolute atomic E-state index is 0.249. The van der Waals surface area contributed by atoms with Crippen LogP contribution in [0.2, 0.25) is 0 Å². The van der Waals surface area contributed by atoms with E-state index in [0.717, 1.165) is 41.7 Å². The highest BCUT2D eigenvalue weighted by atomic mass is 16.5. The highest BCUT2D eigenvalue weighted by Crippen LogP contribution is 2.53. The SMILES string of the molecule is Cc1cc2c(c(C3(O)CC3)c1O)CCO2. The van der Waals surface area contributed by atoms with Crippen molar-refractivity contribution in [2.45, 2.75) is 31.8 Å². The second-order valence-electron chi connectivity index (χ2n) is 4.52. The highest BCUT2D eigenvalue weighted by molar-refractivity contribution is 5.57. The summed E-state index contributed by atoms with van der Waals surface area (Å²) in [5.41, 5.74) is 1.72. The first-order chi connectivity index (χ1) is 7.12. The number of phenols is 1. The molecule has 1 saturated carbocycles. The molecular weight excluding hydrogens is 192 g/mol. The second kappa shape index (κ2) is 2.67. The highest BCUT2D eigenvalue weighted by Gasteiger charge is 2.47. The fourth-order valence-electron chi connectivity index (χ4n) is 2.33. The van der Waals surface area contributed by atoms with Crippen LogP contribution in [0.1, 0.15) is 29.5 Å². The number of aliphatic hydroxyl groups is 1. The lowest BCUT2D eigenvalue weighted by molar-refractivity contribution is 0.146. The number of phenolic OH excluding ortho intramolecular Hbond substituents is 1. The lowest BCUT2D eigenvalue weighted by atomic mass is 9.95. The maximum absolute atomic E-state index is 10.2. The number of hydrogen-bond acceptors (Lipinski definition) is 3. The Balaban J connectivity index is 2.26. The van der Waals surface area contributed by atoms with E-state index in [4.69, 9.17) is 4.74 Å². The van der Waals surface area contributed by atoms with Gasteiger partial charge in [-0.15, -0.1) is 0 Å². The Morgan fingerprint density at radius 3 is 2.80 bits per heavy atom. The molecule has 1 heterocycles. The number of hydrogen-bond donors (Lipinski definition) is 2. The van der Waals surface area contributed by atoms with E-state index in [1.54, 1.807) is 0 Å². The molecule has 0 radical (unpaired) electrons. The lowest BCUT2D eigenvalue weighted by Crippen LogP contribution is -2.08. The predicted octanol–water partition coefficient (Wildman–Crippen LogP) is 1.62. The van der Waals surface area contributed by atoms with Gasteiger partial charge in [-0.25, -0.2) is 0 Å². The summed E-state index contributed by atoms with van der Waals surface area (Å²) in [4.78, 5) is 0. The van der Waals surface area contributed by atoms with E-state index in [-0.39, 0.29) is 5.75 Å². The van der Waals surface area contributed by atoms with E-state index >= 15 is 0 Å². The number of fused-ring (bicyclic) bond motifs is 1. The van der Waals surface area contributed by atoms with Crippen LogP contribution < -0.4 is 4.74 Å². The van der Waals surface area contributed by atoms with Gasteiger partial charge in [-0.3, -0.25) is 0 Å². The van der Waals surface area contributed by atoms with E-state index in [9.17, 15) is 10.2 Å². The van der Waals surface area contributed by atoms with Crippen LogP contribution in [-0.4, -0.2) is 16.8 Å². The smallest absolute Gasteiger partial charge is 0.125 e. The Hall–Kier alpha value is -1.22. The van der Waals surface area contributed by atoms with Crippen LogP contribution >= 0.6 is 0 Å². The summed E-state index contributed by atoms with van der Waals surface area (Å²) >= 11 is 0. The fourth-order valence-corrected chi connectivity index (χ4v) is 2.33. The minimum atomic E-state index is -0.784. The van der Waals surface area contributed by atoms with Crippen LogP contribution in [0.15, 0.2) is 6.07 Å². The van der Waals surface area contributed by atoms with Gasteiger partial charge in [-0.05, 0) is 31.4 Å². The minimum Gasteiger partial charge on any atom is -0.507 e. The van der Waals surface area contributed by atoms with Crippen LogP contribution in [0.3, 0.4) is 0 Å². The number of aryl methyl sites for hydroxylation is 1. The molecule has 1 fully saturated rings. The monoisotopic (exact) mass is 206 g/mol. The third-order valence-electron chi connectivity index (χ3n) is 3.36. The van der Waals surface area contributed by atoms with Crippen LogP contribution in [-0.2, 0) is 12.0 Å². The summed E-state index contributed by atoms with van der Waals surface area (Å²) in [6.45, 7) is 2.49. The van der Waals surface area contributed by atoms with E-state index in [1.165, 1.54) is 0 Å². The molecule has 1 aromatic rings. The Morgan fingerprint density at radius 2 is 2.13 bits per heavy atom. The van der Waals surface area contributed by atoms with Gasteiger partial charge in [-0.1, -0.05) is 0 Å². The van der Waals surface area contributed by atoms with Crippen LogP contribution in [0, 0.1) is 6.92 Å². The standard InChI is InChI=1S/C12H14O3/c1-7-6-9-8(2-5-15-9)10(11(7)13)12(14)3-4-12/h6,13-14H,2-5H2,1H3. The van der Waals surface area contributed by atoms with Crippen LogP contribution in [0.4, 0.5) is 0 Å². The zero-order chi connectivity index (χ0) is 10.6. The van der Waals surface area contributed by atoms with Gasteiger partial charge >= 0.3 is 0 Å². The van der Waals surface area contributed by atoms with Gasteiger partial charge in [0.25, 0.3) is 0 Å². The fraction of sp³-hybridized carbons (Fsp3) is 0.500. The molecule has 1 aliphatic carbocycles. The van der Waals surface area contributed by atoms with E-state index in [2.05, 4.69) is 0 Å². The third kappa shape index (κ3) is 1.16. The summed E-state index contributed by atoms with van der Waals surface area (Å²) < 4.78 is 5.48. The molecule has 0 atom stereocenters. The van der Waals surface area contributed by atoms with Gasteiger partial charge in [0.1, 0.15) is 11.5 Å². The van der Waals surface area contributed by atoms with Crippen LogP contribution in [0.25, 0.3) is 0 Å². The first-order valence-corrected chi connectivity index (χ1v) is 5.33. The molecule has 3 heteroatoms. The molecule has 0 saturated heterocycles. The average Bonchev–Trinajstić information content (AvgIpc) is 2.76. The summed E-state index contributed by atoms with van der Waals surface area (Å²) in [6.07, 6.45) is 2.29. The number of rotatable bonds is 1. The van der Waals surface area contributed by atoms with Gasteiger partial charge in [0, 0.05) is 17.5 Å². The topological polar surface area (TPSA) is 49.7 Å². The van der Waals surface area contributed by atoms with Gasteiger partial charge in [0.15, 0.2) is 0 Å². The molecule has 0 amide bonds. The molecule has 1 aliphatic heterocycles. The summed E-state index contributed by atoms with van der Waals surface area (Å²) in [7, 11) is 0. The van der Waals surface area contributed by atoms with E-state index in [1.807, 2.05) is 13.0 Å². The Morgan fingerprint density at radius 1 is 1.40 bits per heavy atom. The van der Waals surface area contributed by atoms with Crippen LogP contribution in [0.5, 0.6) is 11.5 Å². The molecule has 0 bridgehead atoms. The van der Waals surface area contributed by atoms with E-state index in [0.29, 0.717) is 6.61 Å². The molecule has 2 N–H and O–H groups in total. The van der Waals surface area contributed by atoms with Gasteiger partial charge in [0.05, 0.1) is 12.2 Å². The molecule has 3 nitrogen and oxygen atoms in total. The van der Waals surface area contributed by atoms with Crippen molar-refractivity contribution in [3.8, 4) is 11.5 Å². The Bertz CT molecular complexity index is 433. The molecule has 80 valence electrons. The van der Waals surface area contributed by atoms with Crippen molar-refractivity contribution >= 4 is 0 Å². The largest absolute Gasteiger partial charge is 0.507 e. The molecular formula is C12H14O3. The first kappa shape index (κ1) is 9.04. The van der Waals surface area contributed by atoms with Gasteiger partial charge in [-0.2, -0.15) is 0 Å². The summed E-state index contributed by atoms with van der Waals surface area (Å²) in [6, 6.07) is 1.85. The first-order valence-electron chi connectivity index (χ1n) is 5.33. The Labute approximate surface area is 88.3 Å². The third-order valence-corrected chi connectivity index (χ3v) is 3.36. The lowest BCUT2D eigenvalue weighted by Gasteiger charge is -2.16. The van der Waals surface area contributed by atoms with Crippen molar-refractivity contribution in [3.63, 3.8) is 0 Å². The normalized spacial score (nSPS) is 20.9. The maximum atomic E-state index is 10.2. The van der Waals surface area contributed by atoms with Crippen molar-refractivity contribution in [3.05, 3.63) is 22.8 Å².